The van der Waals surface area contributed by atoms with Crippen LogP contribution in [-0.2, 0) is 18.3 Å². The van der Waals surface area contributed by atoms with Gasteiger partial charge in [0.05, 0.1) is 29.0 Å². The predicted octanol–water partition coefficient (Wildman–Crippen LogP) is 4.88. The molecule has 0 bridgehead atoms. The van der Waals surface area contributed by atoms with Gasteiger partial charge in [0.1, 0.15) is 5.69 Å². The summed E-state index contributed by atoms with van der Waals surface area (Å²) < 4.78 is 107. The van der Waals surface area contributed by atoms with Crippen LogP contribution < -0.4 is 5.32 Å². The van der Waals surface area contributed by atoms with E-state index in [2.05, 4.69) is 15.1 Å². The van der Waals surface area contributed by atoms with Crippen LogP contribution in [0.2, 0.25) is 5.02 Å². The fourth-order valence-corrected chi connectivity index (χ4v) is 2.92. The van der Waals surface area contributed by atoms with Gasteiger partial charge in [0, 0.05) is 12.4 Å². The van der Waals surface area contributed by atoms with Gasteiger partial charge in [-0.05, 0) is 24.3 Å². The number of hydrogen-bond acceptors (Lipinski definition) is 4. The van der Waals surface area contributed by atoms with Crippen molar-refractivity contribution in [1.29, 1.82) is 0 Å². The number of halogens is 9. The first-order chi connectivity index (χ1) is 15.2. The summed E-state index contributed by atoms with van der Waals surface area (Å²) in [5.74, 6) is -5.40. The van der Waals surface area contributed by atoms with Crippen molar-refractivity contribution >= 4 is 17.5 Å². The molecule has 3 aromatic heterocycles. The van der Waals surface area contributed by atoms with Gasteiger partial charge in [0.2, 0.25) is 0 Å². The molecule has 3 aromatic rings. The van der Waals surface area contributed by atoms with Crippen LogP contribution in [0.3, 0.4) is 0 Å². The molecule has 0 saturated carbocycles. The van der Waals surface area contributed by atoms with E-state index in [1.807, 2.05) is 0 Å². The highest BCUT2D eigenvalue weighted by Crippen LogP contribution is 2.34. The smallest absolute Gasteiger partial charge is 0.345 e. The summed E-state index contributed by atoms with van der Waals surface area (Å²) in [6.07, 6.45) is -7.24. The number of pyridine rings is 2. The van der Waals surface area contributed by atoms with Crippen molar-refractivity contribution in [1.82, 2.24) is 25.1 Å². The van der Waals surface area contributed by atoms with E-state index < -0.39 is 58.4 Å². The highest BCUT2D eigenvalue weighted by molar-refractivity contribution is 6.31. The van der Waals surface area contributed by atoms with Crippen molar-refractivity contribution in [2.24, 2.45) is 0 Å². The van der Waals surface area contributed by atoms with Crippen molar-refractivity contribution in [3.63, 3.8) is 0 Å². The molecule has 0 radical (unpaired) electrons. The Morgan fingerprint density at radius 2 is 1.70 bits per heavy atom. The average Bonchev–Trinajstić information content (AvgIpc) is 3.22. The van der Waals surface area contributed by atoms with Crippen molar-refractivity contribution in [2.75, 3.05) is 6.54 Å². The molecule has 0 fully saturated rings. The van der Waals surface area contributed by atoms with Crippen LogP contribution in [0.5, 0.6) is 0 Å². The topological polar surface area (TPSA) is 72.7 Å². The van der Waals surface area contributed by atoms with E-state index in [0.717, 1.165) is 36.8 Å². The number of nitrogens with zero attached hydrogens (tertiary/aromatic N) is 4. The molecule has 33 heavy (non-hydrogen) atoms. The first-order valence-corrected chi connectivity index (χ1v) is 9.05. The number of carbonyl (C=O) groups is 1. The third kappa shape index (κ3) is 5.38. The largest absolute Gasteiger partial charge is 0.435 e. The summed E-state index contributed by atoms with van der Waals surface area (Å²) in [6.45, 7) is -1.47. The Morgan fingerprint density at radius 3 is 2.27 bits per heavy atom. The Morgan fingerprint density at radius 1 is 1.00 bits per heavy atom. The average molecular weight is 500 g/mol. The predicted molar refractivity (Wildman–Crippen MR) is 96.8 cm³/mol. The molecule has 0 aromatic carbocycles. The monoisotopic (exact) mass is 499 g/mol. The van der Waals surface area contributed by atoms with Gasteiger partial charge in [-0.2, -0.15) is 40.2 Å². The van der Waals surface area contributed by atoms with Gasteiger partial charge in [0.25, 0.3) is 5.91 Å². The van der Waals surface area contributed by atoms with Crippen LogP contribution in [0.15, 0.2) is 42.9 Å². The molecule has 0 spiro atoms. The quantitative estimate of drug-likeness (QED) is 0.508. The van der Waals surface area contributed by atoms with Crippen LogP contribution in [0, 0.1) is 0 Å². The number of alkyl halides is 8. The van der Waals surface area contributed by atoms with Crippen LogP contribution in [0.25, 0.3) is 5.69 Å². The number of carbonyl (C=O) groups excluding carboxylic acids is 1. The second kappa shape index (κ2) is 8.57. The minimum Gasteiger partial charge on any atom is -0.345 e. The van der Waals surface area contributed by atoms with E-state index >= 15 is 0 Å². The number of aromatic nitrogens is 4. The van der Waals surface area contributed by atoms with Crippen molar-refractivity contribution < 1.29 is 39.9 Å². The fraction of sp³-hybridized carbons (Fsp3) is 0.222. The molecule has 0 aliphatic heterocycles. The molecule has 15 heteroatoms. The number of amides is 1. The third-order valence-electron chi connectivity index (χ3n) is 4.11. The molecule has 3 rings (SSSR count). The maximum atomic E-state index is 14.6. The lowest BCUT2D eigenvalue weighted by Crippen LogP contribution is -2.36. The maximum Gasteiger partial charge on any atom is 0.435 e. The van der Waals surface area contributed by atoms with Gasteiger partial charge in [-0.15, -0.1) is 0 Å². The SMILES string of the molecule is O=C(NCC(F)(F)c1ncc(-n2ccc(C(F)(F)F)n2)cc1Cl)c1cccnc1C(F)(F)F. The van der Waals surface area contributed by atoms with E-state index in [1.54, 1.807) is 5.32 Å². The van der Waals surface area contributed by atoms with Gasteiger partial charge in [-0.3, -0.25) is 14.8 Å². The van der Waals surface area contributed by atoms with Gasteiger partial charge in [-0.25, -0.2) is 4.68 Å². The summed E-state index contributed by atoms with van der Waals surface area (Å²) in [5.41, 5.74) is -4.97. The molecule has 0 aliphatic rings. The Kier molecular flexibility index (Phi) is 6.33. The normalized spacial score (nSPS) is 12.6. The van der Waals surface area contributed by atoms with Crippen molar-refractivity contribution in [3.05, 3.63) is 70.5 Å². The molecule has 0 atom stereocenters. The molecular weight excluding hydrogens is 490 g/mol. The van der Waals surface area contributed by atoms with Gasteiger partial charge < -0.3 is 5.32 Å². The van der Waals surface area contributed by atoms with Crippen LogP contribution in [0.1, 0.15) is 27.4 Å². The van der Waals surface area contributed by atoms with Crippen LogP contribution >= 0.6 is 11.6 Å². The zero-order valence-corrected chi connectivity index (χ0v) is 16.6. The highest BCUT2D eigenvalue weighted by atomic mass is 35.5. The first kappa shape index (κ1) is 24.4. The summed E-state index contributed by atoms with van der Waals surface area (Å²) in [4.78, 5) is 18.6. The molecule has 1 N–H and O–H groups in total. The number of nitrogens with one attached hydrogen (secondary N) is 1. The van der Waals surface area contributed by atoms with Gasteiger partial charge in [0.15, 0.2) is 11.4 Å². The van der Waals surface area contributed by atoms with Gasteiger partial charge in [-0.1, -0.05) is 11.6 Å². The molecule has 176 valence electrons. The molecule has 1 amide bonds. The van der Waals surface area contributed by atoms with E-state index in [-0.39, 0.29) is 5.69 Å². The molecule has 0 unspecified atom stereocenters. The van der Waals surface area contributed by atoms with E-state index in [0.29, 0.717) is 10.7 Å². The minimum atomic E-state index is -4.99. The lowest BCUT2D eigenvalue weighted by atomic mass is 10.1. The summed E-state index contributed by atoms with van der Waals surface area (Å²) in [5, 5.41) is 4.26. The standard InChI is InChI=1S/C18H10ClF8N5O/c19-11-6-9(32-5-3-12(31-32)17(22,23)24)7-29-14(11)16(20,21)8-30-15(33)10-2-1-4-28-13(10)18(25,26)27/h1-7H,8H2,(H,30,33). The molecule has 6 nitrogen and oxygen atoms in total. The van der Waals surface area contributed by atoms with Crippen LogP contribution in [-0.4, -0.2) is 32.2 Å². The summed E-state index contributed by atoms with van der Waals surface area (Å²) in [7, 11) is 0. The Bertz CT molecular complexity index is 1180. The van der Waals surface area contributed by atoms with E-state index in [4.69, 9.17) is 11.6 Å². The molecule has 0 saturated heterocycles. The zero-order valence-electron chi connectivity index (χ0n) is 15.8. The molecule has 0 aliphatic carbocycles. The lowest BCUT2D eigenvalue weighted by molar-refractivity contribution is -0.142. The maximum absolute atomic E-state index is 14.6. The first-order valence-electron chi connectivity index (χ1n) is 8.67. The zero-order chi connectivity index (χ0) is 24.6. The lowest BCUT2D eigenvalue weighted by Gasteiger charge is -2.19. The second-order valence-corrected chi connectivity index (χ2v) is 6.86. The van der Waals surface area contributed by atoms with Crippen LogP contribution in [0.4, 0.5) is 35.1 Å². The number of rotatable bonds is 5. The van der Waals surface area contributed by atoms with E-state index in [1.165, 1.54) is 0 Å². The molecular formula is C18H10ClF8N5O. The summed E-state index contributed by atoms with van der Waals surface area (Å²) >= 11 is 5.80. The Balaban J connectivity index is 1.78. The third-order valence-corrected chi connectivity index (χ3v) is 4.40. The van der Waals surface area contributed by atoms with Gasteiger partial charge >= 0.3 is 18.3 Å². The van der Waals surface area contributed by atoms with E-state index in [9.17, 15) is 39.9 Å². The number of hydrogen-bond donors (Lipinski definition) is 1. The minimum absolute atomic E-state index is 0.163. The Labute approximate surface area is 184 Å². The Hall–Kier alpha value is -3.29. The molecule has 3 heterocycles. The highest BCUT2D eigenvalue weighted by Gasteiger charge is 2.39. The second-order valence-electron chi connectivity index (χ2n) is 6.45. The summed E-state index contributed by atoms with van der Waals surface area (Å²) in [6, 6.07) is 3.32. The van der Waals surface area contributed by atoms with Crippen molar-refractivity contribution in [2.45, 2.75) is 18.3 Å². The fourth-order valence-electron chi connectivity index (χ4n) is 2.63. The van der Waals surface area contributed by atoms with Crippen molar-refractivity contribution in [3.8, 4) is 5.69 Å².